The van der Waals surface area contributed by atoms with Crippen molar-refractivity contribution in [2.24, 2.45) is 5.73 Å². The van der Waals surface area contributed by atoms with Gasteiger partial charge in [-0.05, 0) is 35.4 Å². The van der Waals surface area contributed by atoms with Crippen LogP contribution in [0.5, 0.6) is 0 Å². The van der Waals surface area contributed by atoms with Crippen LogP contribution in [0, 0.1) is 0 Å². The van der Waals surface area contributed by atoms with Gasteiger partial charge in [-0.1, -0.05) is 41.4 Å². The SMILES string of the molecule is CN(Cc1ccccc1Cl)C(=O)/C(N)=C(\Cl)NCc1cc(C(F)(F)F)cc(C(F)(F)F)c1. The molecule has 0 aliphatic rings. The molecule has 1 amide bonds. The van der Waals surface area contributed by atoms with Gasteiger partial charge in [0.05, 0.1) is 11.1 Å². The van der Waals surface area contributed by atoms with E-state index in [1.165, 1.54) is 11.9 Å². The van der Waals surface area contributed by atoms with Crippen molar-refractivity contribution in [3.63, 3.8) is 0 Å². The first kappa shape index (κ1) is 25.7. The van der Waals surface area contributed by atoms with Crippen molar-refractivity contribution in [1.29, 1.82) is 0 Å². The molecule has 0 saturated carbocycles. The lowest BCUT2D eigenvalue weighted by molar-refractivity contribution is -0.143. The van der Waals surface area contributed by atoms with Crippen molar-refractivity contribution >= 4 is 29.1 Å². The lowest BCUT2D eigenvalue weighted by Gasteiger charge is -2.19. The molecule has 3 N–H and O–H groups in total. The van der Waals surface area contributed by atoms with Crippen LogP contribution in [0.15, 0.2) is 53.3 Å². The first-order valence-electron chi connectivity index (χ1n) is 8.86. The summed E-state index contributed by atoms with van der Waals surface area (Å²) in [6.07, 6.45) is -9.96. The van der Waals surface area contributed by atoms with E-state index in [9.17, 15) is 31.1 Å². The van der Waals surface area contributed by atoms with Crippen molar-refractivity contribution < 1.29 is 31.1 Å². The highest BCUT2D eigenvalue weighted by atomic mass is 35.5. The van der Waals surface area contributed by atoms with Crippen LogP contribution in [-0.2, 0) is 30.2 Å². The van der Waals surface area contributed by atoms with Gasteiger partial charge in [-0.25, -0.2) is 0 Å². The molecule has 0 bridgehead atoms. The molecule has 4 nitrogen and oxygen atoms in total. The first-order chi connectivity index (χ1) is 14.7. The van der Waals surface area contributed by atoms with E-state index in [2.05, 4.69) is 5.32 Å². The molecule has 0 radical (unpaired) electrons. The zero-order valence-electron chi connectivity index (χ0n) is 16.4. The van der Waals surface area contributed by atoms with Crippen molar-refractivity contribution in [2.45, 2.75) is 25.4 Å². The molecule has 0 heterocycles. The fourth-order valence-corrected chi connectivity index (χ4v) is 2.99. The van der Waals surface area contributed by atoms with Crippen LogP contribution in [0.1, 0.15) is 22.3 Å². The Bertz CT molecular complexity index is 989. The molecule has 174 valence electrons. The van der Waals surface area contributed by atoms with E-state index in [1.807, 2.05) is 0 Å². The van der Waals surface area contributed by atoms with Gasteiger partial charge in [0.15, 0.2) is 0 Å². The van der Waals surface area contributed by atoms with Crippen molar-refractivity contribution in [2.75, 3.05) is 7.05 Å². The Balaban J connectivity index is 2.18. The summed E-state index contributed by atoms with van der Waals surface area (Å²) >= 11 is 12.0. The van der Waals surface area contributed by atoms with E-state index >= 15 is 0 Å². The summed E-state index contributed by atoms with van der Waals surface area (Å²) in [7, 11) is 1.42. The second kappa shape index (κ2) is 9.91. The van der Waals surface area contributed by atoms with Gasteiger partial charge in [0.2, 0.25) is 0 Å². The molecule has 0 saturated heterocycles. The van der Waals surface area contributed by atoms with Gasteiger partial charge in [-0.2, -0.15) is 26.3 Å². The van der Waals surface area contributed by atoms with Crippen LogP contribution in [0.3, 0.4) is 0 Å². The molecule has 32 heavy (non-hydrogen) atoms. The minimum absolute atomic E-state index is 0.0164. The molecule has 2 aromatic rings. The van der Waals surface area contributed by atoms with Gasteiger partial charge in [-0.15, -0.1) is 0 Å². The van der Waals surface area contributed by atoms with Crippen LogP contribution >= 0.6 is 23.2 Å². The number of hydrogen-bond acceptors (Lipinski definition) is 3. The maximum Gasteiger partial charge on any atom is 0.416 e. The Labute approximate surface area is 189 Å². The Kier molecular flexibility index (Phi) is 7.95. The van der Waals surface area contributed by atoms with Gasteiger partial charge >= 0.3 is 12.4 Å². The second-order valence-electron chi connectivity index (χ2n) is 6.75. The number of nitrogens with one attached hydrogen (secondary N) is 1. The summed E-state index contributed by atoms with van der Waals surface area (Å²) in [6, 6.07) is 7.87. The summed E-state index contributed by atoms with van der Waals surface area (Å²) in [4.78, 5) is 13.7. The molecule has 0 aliphatic heterocycles. The number of carbonyl (C=O) groups is 1. The average Bonchev–Trinajstić information content (AvgIpc) is 2.71. The summed E-state index contributed by atoms with van der Waals surface area (Å²) in [5.74, 6) is -0.720. The van der Waals surface area contributed by atoms with E-state index in [0.29, 0.717) is 22.7 Å². The molecule has 0 fully saturated rings. The van der Waals surface area contributed by atoms with E-state index < -0.39 is 46.8 Å². The smallest absolute Gasteiger partial charge is 0.392 e. The highest BCUT2D eigenvalue weighted by Gasteiger charge is 2.36. The minimum Gasteiger partial charge on any atom is -0.392 e. The highest BCUT2D eigenvalue weighted by Crippen LogP contribution is 2.36. The fraction of sp³-hybridized carbons (Fsp3) is 0.250. The normalized spacial score (nSPS) is 12.9. The molecule has 0 spiro atoms. The van der Waals surface area contributed by atoms with E-state index in [-0.39, 0.29) is 18.2 Å². The number of hydrogen-bond donors (Lipinski definition) is 2. The third-order valence-electron chi connectivity index (χ3n) is 4.27. The maximum atomic E-state index is 13.0. The Morgan fingerprint density at radius 3 is 2.06 bits per heavy atom. The predicted molar refractivity (Wildman–Crippen MR) is 108 cm³/mol. The predicted octanol–water partition coefficient (Wildman–Crippen LogP) is 5.49. The molecular weight excluding hydrogens is 483 g/mol. The maximum absolute atomic E-state index is 13.0. The Hall–Kier alpha value is -2.59. The number of likely N-dealkylation sites (N-methyl/N-ethyl adjacent to an activating group) is 1. The van der Waals surface area contributed by atoms with Crippen LogP contribution in [-0.4, -0.2) is 17.9 Å². The number of amides is 1. The zero-order chi connectivity index (χ0) is 24.3. The van der Waals surface area contributed by atoms with Crippen LogP contribution in [0.4, 0.5) is 26.3 Å². The topological polar surface area (TPSA) is 58.4 Å². The van der Waals surface area contributed by atoms with Crippen molar-refractivity contribution in [1.82, 2.24) is 10.2 Å². The Morgan fingerprint density at radius 1 is 1.03 bits per heavy atom. The van der Waals surface area contributed by atoms with E-state index in [1.54, 1.807) is 24.3 Å². The molecule has 2 rings (SSSR count). The minimum atomic E-state index is -4.98. The monoisotopic (exact) mass is 499 g/mol. The number of nitrogens with zero attached hydrogens (tertiary/aromatic N) is 1. The molecule has 0 atom stereocenters. The first-order valence-corrected chi connectivity index (χ1v) is 9.62. The van der Waals surface area contributed by atoms with Crippen LogP contribution in [0.2, 0.25) is 5.02 Å². The summed E-state index contributed by atoms with van der Waals surface area (Å²) < 4.78 is 77.8. The number of benzene rings is 2. The van der Waals surface area contributed by atoms with Crippen molar-refractivity contribution in [3.05, 3.63) is 80.6 Å². The number of alkyl halides is 6. The second-order valence-corrected chi connectivity index (χ2v) is 7.53. The van der Waals surface area contributed by atoms with Gasteiger partial charge in [0.25, 0.3) is 5.91 Å². The average molecular weight is 500 g/mol. The van der Waals surface area contributed by atoms with Gasteiger partial charge in [0, 0.05) is 25.2 Å². The van der Waals surface area contributed by atoms with Crippen LogP contribution < -0.4 is 11.1 Å². The number of carbonyl (C=O) groups excluding carboxylic acids is 1. The third kappa shape index (κ3) is 6.70. The van der Waals surface area contributed by atoms with Gasteiger partial charge in [0.1, 0.15) is 10.9 Å². The number of nitrogens with two attached hydrogens (primary N) is 1. The molecule has 2 aromatic carbocycles. The van der Waals surface area contributed by atoms with E-state index in [0.717, 1.165) is 0 Å². The number of halogens is 8. The van der Waals surface area contributed by atoms with Crippen molar-refractivity contribution in [3.8, 4) is 0 Å². The lowest BCUT2D eigenvalue weighted by atomic mass is 10.0. The summed E-state index contributed by atoms with van der Waals surface area (Å²) in [5.41, 5.74) is 2.60. The third-order valence-corrected chi connectivity index (χ3v) is 4.98. The quantitative estimate of drug-likeness (QED) is 0.313. The zero-order valence-corrected chi connectivity index (χ0v) is 17.9. The van der Waals surface area contributed by atoms with Gasteiger partial charge in [-0.3, -0.25) is 4.79 Å². The van der Waals surface area contributed by atoms with Gasteiger partial charge < -0.3 is 16.0 Å². The molecular formula is C20H17Cl2F6N3O. The highest BCUT2D eigenvalue weighted by molar-refractivity contribution is 6.31. The summed E-state index contributed by atoms with van der Waals surface area (Å²) in [6.45, 7) is -0.444. The molecule has 12 heteroatoms. The van der Waals surface area contributed by atoms with E-state index in [4.69, 9.17) is 28.9 Å². The standard InChI is InChI=1S/C20H17Cl2F6N3O/c1-31(10-12-4-2-3-5-15(12)21)18(32)16(29)17(22)30-9-11-6-13(19(23,24)25)8-14(7-11)20(26,27)28/h2-8,30H,9-10,29H2,1H3/b17-16-. The molecule has 0 aromatic heterocycles. The Morgan fingerprint density at radius 2 is 1.56 bits per heavy atom. The number of rotatable bonds is 6. The summed E-state index contributed by atoms with van der Waals surface area (Å²) in [5, 5.41) is 2.38. The molecule has 0 unspecified atom stereocenters. The molecule has 0 aliphatic carbocycles. The van der Waals surface area contributed by atoms with Crippen LogP contribution in [0.25, 0.3) is 0 Å². The largest absolute Gasteiger partial charge is 0.416 e. The lowest BCUT2D eigenvalue weighted by Crippen LogP contribution is -2.33. The fourth-order valence-electron chi connectivity index (χ4n) is 2.65.